The molecule has 2 aromatic carbocycles. The predicted molar refractivity (Wildman–Crippen MR) is 89.2 cm³/mol. The predicted octanol–water partition coefficient (Wildman–Crippen LogP) is 3.14. The summed E-state index contributed by atoms with van der Waals surface area (Å²) in [6, 6.07) is 10.8. The van der Waals surface area contributed by atoms with E-state index in [4.69, 9.17) is 14.7 Å². The SMILES string of the molecule is COc1ccc(NS(=O)(=O)c2ccc(Br)c(C#N)c2)cc1OC. The van der Waals surface area contributed by atoms with Crippen LogP contribution in [0.2, 0.25) is 0 Å². The van der Waals surface area contributed by atoms with Gasteiger partial charge in [-0.05, 0) is 46.3 Å². The summed E-state index contributed by atoms with van der Waals surface area (Å²) in [6.45, 7) is 0. The van der Waals surface area contributed by atoms with Crippen molar-refractivity contribution in [2.75, 3.05) is 18.9 Å². The van der Waals surface area contributed by atoms with E-state index in [0.29, 0.717) is 21.7 Å². The zero-order valence-corrected chi connectivity index (χ0v) is 14.7. The Hall–Kier alpha value is -2.24. The number of methoxy groups -OCH3 is 2. The van der Waals surface area contributed by atoms with Crippen LogP contribution in [0.5, 0.6) is 11.5 Å². The summed E-state index contributed by atoms with van der Waals surface area (Å²) in [5.41, 5.74) is 0.560. The van der Waals surface area contributed by atoms with Crippen LogP contribution in [0.4, 0.5) is 5.69 Å². The van der Waals surface area contributed by atoms with Crippen LogP contribution in [-0.2, 0) is 10.0 Å². The molecule has 0 aliphatic carbocycles. The maximum atomic E-state index is 12.4. The molecule has 0 radical (unpaired) electrons. The monoisotopic (exact) mass is 396 g/mol. The van der Waals surface area contributed by atoms with E-state index in [-0.39, 0.29) is 10.5 Å². The summed E-state index contributed by atoms with van der Waals surface area (Å²) in [7, 11) is -0.870. The lowest BCUT2D eigenvalue weighted by molar-refractivity contribution is 0.355. The minimum Gasteiger partial charge on any atom is -0.493 e. The van der Waals surface area contributed by atoms with Crippen molar-refractivity contribution in [3.05, 3.63) is 46.4 Å². The number of sulfonamides is 1. The third kappa shape index (κ3) is 3.75. The fourth-order valence-corrected chi connectivity index (χ4v) is 3.28. The molecule has 23 heavy (non-hydrogen) atoms. The molecule has 0 unspecified atom stereocenters. The van der Waals surface area contributed by atoms with Gasteiger partial charge < -0.3 is 9.47 Å². The fourth-order valence-electron chi connectivity index (χ4n) is 1.87. The molecule has 0 heterocycles. The van der Waals surface area contributed by atoms with E-state index in [9.17, 15) is 8.42 Å². The molecule has 120 valence electrons. The van der Waals surface area contributed by atoms with E-state index in [1.54, 1.807) is 12.1 Å². The van der Waals surface area contributed by atoms with Gasteiger partial charge in [-0.3, -0.25) is 4.72 Å². The Morgan fingerprint density at radius 1 is 1.09 bits per heavy atom. The number of benzene rings is 2. The molecular weight excluding hydrogens is 384 g/mol. The second-order valence-electron chi connectivity index (χ2n) is 4.43. The van der Waals surface area contributed by atoms with Crippen LogP contribution in [0.3, 0.4) is 0 Å². The summed E-state index contributed by atoms with van der Waals surface area (Å²) in [6.07, 6.45) is 0. The van der Waals surface area contributed by atoms with Crippen molar-refractivity contribution in [2.45, 2.75) is 4.90 Å². The van der Waals surface area contributed by atoms with E-state index in [1.807, 2.05) is 6.07 Å². The first kappa shape index (κ1) is 17.1. The number of rotatable bonds is 5. The van der Waals surface area contributed by atoms with Gasteiger partial charge in [-0.1, -0.05) is 0 Å². The number of anilines is 1. The summed E-state index contributed by atoms with van der Waals surface area (Å²) in [5, 5.41) is 9.00. The van der Waals surface area contributed by atoms with Crippen LogP contribution >= 0.6 is 15.9 Å². The lowest BCUT2D eigenvalue weighted by atomic mass is 10.2. The first-order valence-electron chi connectivity index (χ1n) is 6.35. The van der Waals surface area contributed by atoms with Gasteiger partial charge in [-0.25, -0.2) is 8.42 Å². The molecule has 0 aliphatic heterocycles. The van der Waals surface area contributed by atoms with Gasteiger partial charge in [-0.2, -0.15) is 5.26 Å². The summed E-state index contributed by atoms with van der Waals surface area (Å²) >= 11 is 3.19. The number of nitrogens with zero attached hydrogens (tertiary/aromatic N) is 1. The minimum absolute atomic E-state index is 0.00738. The average molecular weight is 397 g/mol. The molecule has 8 heteroatoms. The molecule has 1 N–H and O–H groups in total. The fraction of sp³-hybridized carbons (Fsp3) is 0.133. The second kappa shape index (κ2) is 6.89. The maximum Gasteiger partial charge on any atom is 0.261 e. The van der Waals surface area contributed by atoms with Crippen LogP contribution in [0.15, 0.2) is 45.8 Å². The molecule has 0 saturated heterocycles. The first-order chi connectivity index (χ1) is 10.9. The molecular formula is C15H13BrN2O4S. The Morgan fingerprint density at radius 3 is 2.39 bits per heavy atom. The van der Waals surface area contributed by atoms with Gasteiger partial charge in [-0.15, -0.1) is 0 Å². The topological polar surface area (TPSA) is 88.4 Å². The van der Waals surface area contributed by atoms with Crippen molar-refractivity contribution >= 4 is 31.6 Å². The highest BCUT2D eigenvalue weighted by Crippen LogP contribution is 2.31. The summed E-state index contributed by atoms with van der Waals surface area (Å²) in [5.74, 6) is 0.895. The van der Waals surface area contributed by atoms with Crippen LogP contribution in [-0.4, -0.2) is 22.6 Å². The minimum atomic E-state index is -3.83. The Bertz CT molecular complexity index is 876. The van der Waals surface area contributed by atoms with Gasteiger partial charge in [0.15, 0.2) is 11.5 Å². The highest BCUT2D eigenvalue weighted by Gasteiger charge is 2.17. The standard InChI is InChI=1S/C15H13BrN2O4S/c1-21-14-6-3-11(8-15(14)22-2)18-23(19,20)12-4-5-13(16)10(7-12)9-17/h3-8,18H,1-2H3. The number of ether oxygens (including phenoxy) is 2. The third-order valence-corrected chi connectivity index (χ3v) is 5.07. The van der Waals surface area contributed by atoms with E-state index in [2.05, 4.69) is 20.7 Å². The zero-order valence-electron chi connectivity index (χ0n) is 12.3. The Kier molecular flexibility index (Phi) is 5.13. The molecule has 0 atom stereocenters. The Labute approximate surface area is 142 Å². The number of nitrogens with one attached hydrogen (secondary N) is 1. The lowest BCUT2D eigenvalue weighted by Crippen LogP contribution is -2.13. The molecule has 2 aromatic rings. The van der Waals surface area contributed by atoms with E-state index in [0.717, 1.165) is 0 Å². The van der Waals surface area contributed by atoms with Crippen molar-refractivity contribution < 1.29 is 17.9 Å². The molecule has 0 aromatic heterocycles. The molecule has 0 spiro atoms. The molecule has 0 amide bonds. The van der Waals surface area contributed by atoms with Gasteiger partial charge >= 0.3 is 0 Å². The average Bonchev–Trinajstić information content (AvgIpc) is 2.54. The molecule has 0 saturated carbocycles. The van der Waals surface area contributed by atoms with E-state index >= 15 is 0 Å². The number of halogens is 1. The van der Waals surface area contributed by atoms with Gasteiger partial charge in [0.05, 0.1) is 30.4 Å². The summed E-state index contributed by atoms with van der Waals surface area (Å²) < 4.78 is 38.1. The van der Waals surface area contributed by atoms with Crippen molar-refractivity contribution in [3.8, 4) is 17.6 Å². The summed E-state index contributed by atoms with van der Waals surface area (Å²) in [4.78, 5) is -0.00738. The molecule has 0 bridgehead atoms. The van der Waals surface area contributed by atoms with Crippen LogP contribution in [0.25, 0.3) is 0 Å². The number of hydrogen-bond acceptors (Lipinski definition) is 5. The Morgan fingerprint density at radius 2 is 1.78 bits per heavy atom. The molecule has 6 nitrogen and oxygen atoms in total. The zero-order chi connectivity index (χ0) is 17.0. The quantitative estimate of drug-likeness (QED) is 0.838. The number of hydrogen-bond donors (Lipinski definition) is 1. The third-order valence-electron chi connectivity index (χ3n) is 3.00. The van der Waals surface area contributed by atoms with Gasteiger partial charge in [0, 0.05) is 10.5 Å². The normalized spacial score (nSPS) is 10.7. The molecule has 2 rings (SSSR count). The lowest BCUT2D eigenvalue weighted by Gasteiger charge is -2.12. The van der Waals surface area contributed by atoms with E-state index in [1.165, 1.54) is 38.5 Å². The highest BCUT2D eigenvalue weighted by molar-refractivity contribution is 9.10. The van der Waals surface area contributed by atoms with Gasteiger partial charge in [0.25, 0.3) is 10.0 Å². The second-order valence-corrected chi connectivity index (χ2v) is 6.97. The van der Waals surface area contributed by atoms with Crippen molar-refractivity contribution in [2.24, 2.45) is 0 Å². The maximum absolute atomic E-state index is 12.4. The largest absolute Gasteiger partial charge is 0.493 e. The van der Waals surface area contributed by atoms with Crippen LogP contribution in [0, 0.1) is 11.3 Å². The smallest absolute Gasteiger partial charge is 0.261 e. The molecule has 0 aliphatic rings. The molecule has 0 fully saturated rings. The van der Waals surface area contributed by atoms with Gasteiger partial charge in [0.1, 0.15) is 6.07 Å². The van der Waals surface area contributed by atoms with Crippen molar-refractivity contribution in [1.82, 2.24) is 0 Å². The van der Waals surface area contributed by atoms with Crippen molar-refractivity contribution in [3.63, 3.8) is 0 Å². The number of nitriles is 1. The Balaban J connectivity index is 2.37. The highest BCUT2D eigenvalue weighted by atomic mass is 79.9. The van der Waals surface area contributed by atoms with Crippen molar-refractivity contribution in [1.29, 1.82) is 5.26 Å². The van der Waals surface area contributed by atoms with E-state index < -0.39 is 10.0 Å². The van der Waals surface area contributed by atoms with Gasteiger partial charge in [0.2, 0.25) is 0 Å². The van der Waals surface area contributed by atoms with Crippen LogP contribution in [0.1, 0.15) is 5.56 Å². The van der Waals surface area contributed by atoms with Crippen LogP contribution < -0.4 is 14.2 Å². The first-order valence-corrected chi connectivity index (χ1v) is 8.63.